The van der Waals surface area contributed by atoms with Crippen LogP contribution in [0, 0.1) is 3.57 Å². The molecule has 2 rings (SSSR count). The van der Waals surface area contributed by atoms with Crippen molar-refractivity contribution < 1.29 is 9.59 Å². The smallest absolute Gasteiger partial charge is 0.259 e. The highest BCUT2D eigenvalue weighted by molar-refractivity contribution is 14.1. The summed E-state index contributed by atoms with van der Waals surface area (Å²) in [5.74, 6) is -0.729. The highest BCUT2D eigenvalue weighted by Gasteiger charge is 2.10. The lowest BCUT2D eigenvalue weighted by atomic mass is 10.2. The molecule has 23 heavy (non-hydrogen) atoms. The molecular formula is C16H13ClIN3O2. The van der Waals surface area contributed by atoms with Crippen LogP contribution in [-0.2, 0) is 4.79 Å². The number of hydrogen-bond acceptors (Lipinski definition) is 3. The fourth-order valence-corrected chi connectivity index (χ4v) is 2.51. The summed E-state index contributed by atoms with van der Waals surface area (Å²) in [5.41, 5.74) is 3.56. The number of nitrogens with zero attached hydrogens (tertiary/aromatic N) is 1. The van der Waals surface area contributed by atoms with Gasteiger partial charge in [0.1, 0.15) is 0 Å². The van der Waals surface area contributed by atoms with Crippen molar-refractivity contribution in [3.63, 3.8) is 0 Å². The summed E-state index contributed by atoms with van der Waals surface area (Å²) in [6, 6.07) is 14.3. The number of nitrogens with one attached hydrogen (secondary N) is 2. The van der Waals surface area contributed by atoms with Crippen LogP contribution in [0.2, 0.25) is 5.02 Å². The van der Waals surface area contributed by atoms with E-state index in [0.717, 1.165) is 3.57 Å². The largest absolute Gasteiger partial charge is 0.343 e. The fourth-order valence-electron chi connectivity index (χ4n) is 1.69. The van der Waals surface area contributed by atoms with Crippen LogP contribution in [-0.4, -0.2) is 24.6 Å². The molecule has 0 atom stereocenters. The average Bonchev–Trinajstić information content (AvgIpc) is 2.55. The Balaban J connectivity index is 1.83. The highest BCUT2D eigenvalue weighted by atomic mass is 127. The summed E-state index contributed by atoms with van der Waals surface area (Å²) in [6.45, 7) is -0.163. The predicted octanol–water partition coefficient (Wildman–Crippen LogP) is 2.82. The second-order valence-electron chi connectivity index (χ2n) is 4.48. The molecular weight excluding hydrogens is 429 g/mol. The van der Waals surface area contributed by atoms with E-state index in [4.69, 9.17) is 11.6 Å². The number of benzene rings is 2. The van der Waals surface area contributed by atoms with Gasteiger partial charge in [0.05, 0.1) is 18.3 Å². The van der Waals surface area contributed by atoms with Crippen molar-refractivity contribution in [1.29, 1.82) is 0 Å². The van der Waals surface area contributed by atoms with E-state index < -0.39 is 5.91 Å². The van der Waals surface area contributed by atoms with Gasteiger partial charge in [-0.05, 0) is 40.8 Å². The van der Waals surface area contributed by atoms with E-state index >= 15 is 0 Å². The van der Waals surface area contributed by atoms with E-state index in [1.807, 2.05) is 18.2 Å². The van der Waals surface area contributed by atoms with Crippen LogP contribution < -0.4 is 10.7 Å². The molecule has 0 spiro atoms. The molecule has 0 fully saturated rings. The number of rotatable bonds is 5. The van der Waals surface area contributed by atoms with E-state index in [1.165, 1.54) is 6.21 Å². The van der Waals surface area contributed by atoms with E-state index in [1.54, 1.807) is 30.3 Å². The second-order valence-corrected chi connectivity index (χ2v) is 6.05. The number of carbonyl (C=O) groups excluding carboxylic acids is 2. The van der Waals surface area contributed by atoms with Crippen molar-refractivity contribution in [2.75, 3.05) is 6.54 Å². The van der Waals surface area contributed by atoms with Gasteiger partial charge < -0.3 is 5.32 Å². The third kappa shape index (κ3) is 5.33. The molecule has 2 N–H and O–H groups in total. The fraction of sp³-hybridized carbons (Fsp3) is 0.0625. The summed E-state index contributed by atoms with van der Waals surface area (Å²) in [5, 5.41) is 6.89. The Hall–Kier alpha value is -1.93. The number of carbonyl (C=O) groups is 2. The lowest BCUT2D eigenvalue weighted by molar-refractivity contribution is -0.120. The minimum Gasteiger partial charge on any atom is -0.343 e. The van der Waals surface area contributed by atoms with E-state index in [9.17, 15) is 9.59 Å². The molecule has 2 aromatic carbocycles. The molecule has 0 unspecified atom stereocenters. The number of amides is 2. The molecule has 0 saturated carbocycles. The van der Waals surface area contributed by atoms with E-state index in [-0.39, 0.29) is 12.5 Å². The van der Waals surface area contributed by atoms with Crippen molar-refractivity contribution in [2.45, 2.75) is 0 Å². The van der Waals surface area contributed by atoms with Gasteiger partial charge in [0.15, 0.2) is 0 Å². The Kier molecular flexibility index (Phi) is 6.54. The first kappa shape index (κ1) is 17.4. The van der Waals surface area contributed by atoms with E-state index in [2.05, 4.69) is 38.4 Å². The SMILES string of the molecule is O=C(CNC(=O)c1ccccc1I)N/N=C\c1ccccc1Cl. The highest BCUT2D eigenvalue weighted by Crippen LogP contribution is 2.12. The van der Waals surface area contributed by atoms with Crippen LogP contribution in [0.1, 0.15) is 15.9 Å². The average molecular weight is 442 g/mol. The van der Waals surface area contributed by atoms with Crippen LogP contribution in [0.3, 0.4) is 0 Å². The van der Waals surface area contributed by atoms with Crippen molar-refractivity contribution >= 4 is 52.2 Å². The van der Waals surface area contributed by atoms with Crippen molar-refractivity contribution in [1.82, 2.24) is 10.7 Å². The third-order valence-electron chi connectivity index (χ3n) is 2.83. The molecule has 0 radical (unpaired) electrons. The Morgan fingerprint density at radius 2 is 1.83 bits per heavy atom. The first-order chi connectivity index (χ1) is 11.1. The van der Waals surface area contributed by atoms with Gasteiger partial charge >= 0.3 is 0 Å². The molecule has 0 aliphatic carbocycles. The van der Waals surface area contributed by atoms with Crippen molar-refractivity contribution in [3.8, 4) is 0 Å². The van der Waals surface area contributed by atoms with Gasteiger partial charge in [-0.25, -0.2) is 5.43 Å². The molecule has 0 saturated heterocycles. The molecule has 2 aromatic rings. The van der Waals surface area contributed by atoms with Gasteiger partial charge in [0.2, 0.25) is 0 Å². The Bertz CT molecular complexity index is 750. The molecule has 0 aliphatic heterocycles. The third-order valence-corrected chi connectivity index (χ3v) is 4.11. The lowest BCUT2D eigenvalue weighted by Crippen LogP contribution is -2.35. The summed E-state index contributed by atoms with van der Waals surface area (Å²) in [7, 11) is 0. The zero-order valence-corrected chi connectivity index (χ0v) is 14.8. The monoisotopic (exact) mass is 441 g/mol. The van der Waals surface area contributed by atoms with Crippen LogP contribution in [0.5, 0.6) is 0 Å². The maximum atomic E-state index is 12.0. The van der Waals surface area contributed by atoms with Gasteiger partial charge in [-0.3, -0.25) is 9.59 Å². The molecule has 0 bridgehead atoms. The summed E-state index contributed by atoms with van der Waals surface area (Å²) < 4.78 is 0.819. The molecule has 7 heteroatoms. The molecule has 0 heterocycles. The Labute approximate surface area is 152 Å². The Morgan fingerprint density at radius 1 is 1.13 bits per heavy atom. The zero-order valence-electron chi connectivity index (χ0n) is 11.9. The van der Waals surface area contributed by atoms with E-state index in [0.29, 0.717) is 16.1 Å². The number of hydrazone groups is 1. The second kappa shape index (κ2) is 8.64. The summed E-state index contributed by atoms with van der Waals surface area (Å²) >= 11 is 8.03. The molecule has 118 valence electrons. The first-order valence-electron chi connectivity index (χ1n) is 6.67. The Morgan fingerprint density at radius 3 is 2.57 bits per heavy atom. The minimum absolute atomic E-state index is 0.163. The molecule has 0 aromatic heterocycles. The van der Waals surface area contributed by atoms with Crippen LogP contribution >= 0.6 is 34.2 Å². The first-order valence-corrected chi connectivity index (χ1v) is 8.13. The normalized spacial score (nSPS) is 10.5. The van der Waals surface area contributed by atoms with Gasteiger partial charge in [0, 0.05) is 14.2 Å². The maximum absolute atomic E-state index is 12.0. The lowest BCUT2D eigenvalue weighted by Gasteiger charge is -2.05. The van der Waals surface area contributed by atoms with Gasteiger partial charge in [0.25, 0.3) is 11.8 Å². The zero-order chi connectivity index (χ0) is 16.7. The van der Waals surface area contributed by atoms with Gasteiger partial charge in [-0.15, -0.1) is 0 Å². The quantitative estimate of drug-likeness (QED) is 0.426. The van der Waals surface area contributed by atoms with Gasteiger partial charge in [-0.2, -0.15) is 5.10 Å². The van der Waals surface area contributed by atoms with Crippen LogP contribution in [0.15, 0.2) is 53.6 Å². The minimum atomic E-state index is -0.424. The number of hydrogen-bond donors (Lipinski definition) is 2. The van der Waals surface area contributed by atoms with Gasteiger partial charge in [-0.1, -0.05) is 41.9 Å². The van der Waals surface area contributed by atoms with Crippen LogP contribution in [0.25, 0.3) is 0 Å². The topological polar surface area (TPSA) is 70.6 Å². The standard InChI is InChI=1S/C16H13ClIN3O2/c17-13-7-3-1-5-11(13)9-20-21-15(22)10-19-16(23)12-6-2-4-8-14(12)18/h1-9H,10H2,(H,19,23)(H,21,22)/b20-9-. The summed E-state index contributed by atoms with van der Waals surface area (Å²) in [6.07, 6.45) is 1.45. The van der Waals surface area contributed by atoms with Crippen LogP contribution in [0.4, 0.5) is 0 Å². The molecule has 2 amide bonds. The summed E-state index contributed by atoms with van der Waals surface area (Å²) in [4.78, 5) is 23.6. The predicted molar refractivity (Wildman–Crippen MR) is 98.7 cm³/mol. The van der Waals surface area contributed by atoms with Crippen molar-refractivity contribution in [3.05, 3.63) is 68.3 Å². The maximum Gasteiger partial charge on any atom is 0.259 e. The molecule has 0 aliphatic rings. The molecule has 5 nitrogen and oxygen atoms in total. The number of halogens is 2. The van der Waals surface area contributed by atoms with Crippen molar-refractivity contribution in [2.24, 2.45) is 5.10 Å².